The fraction of sp³-hybridized carbons (Fsp3) is 0.273. The van der Waals surface area contributed by atoms with Crippen LogP contribution < -0.4 is 15.0 Å². The van der Waals surface area contributed by atoms with E-state index in [0.29, 0.717) is 10.9 Å². The van der Waals surface area contributed by atoms with Gasteiger partial charge in [-0.3, -0.25) is 9.69 Å². The lowest BCUT2D eigenvalue weighted by molar-refractivity contribution is -0.159. The van der Waals surface area contributed by atoms with Crippen LogP contribution in [0.2, 0.25) is 0 Å². The number of hydrogen-bond acceptors (Lipinski definition) is 4. The van der Waals surface area contributed by atoms with E-state index in [9.17, 15) is 4.79 Å². The van der Waals surface area contributed by atoms with Crippen LogP contribution in [0.3, 0.4) is 0 Å². The summed E-state index contributed by atoms with van der Waals surface area (Å²) < 4.78 is 12.8. The highest BCUT2D eigenvalue weighted by Crippen LogP contribution is 2.50. The van der Waals surface area contributed by atoms with Crippen molar-refractivity contribution in [3.63, 3.8) is 0 Å². The molecule has 1 fully saturated rings. The van der Waals surface area contributed by atoms with Crippen LogP contribution in [0.15, 0.2) is 59.6 Å². The van der Waals surface area contributed by atoms with Crippen LogP contribution in [0.25, 0.3) is 0 Å². The van der Waals surface area contributed by atoms with Gasteiger partial charge in [0.2, 0.25) is 5.72 Å². The van der Waals surface area contributed by atoms with Gasteiger partial charge in [0.15, 0.2) is 5.11 Å². The molecule has 3 unspecified atom stereocenters. The minimum absolute atomic E-state index is 0.137. The summed E-state index contributed by atoms with van der Waals surface area (Å²) in [4.78, 5) is 15.0. The highest BCUT2D eigenvalue weighted by atomic mass is 79.9. The third kappa shape index (κ3) is 3.32. The van der Waals surface area contributed by atoms with Crippen molar-refractivity contribution in [2.45, 2.75) is 25.6 Å². The van der Waals surface area contributed by atoms with E-state index in [1.165, 1.54) is 0 Å². The largest absolute Gasteiger partial charge is 0.466 e. The highest BCUT2D eigenvalue weighted by molar-refractivity contribution is 9.10. The average Bonchev–Trinajstić information content (AvgIpc) is 2.68. The smallest absolute Gasteiger partial charge is 0.317 e. The third-order valence-corrected chi connectivity index (χ3v) is 6.14. The summed E-state index contributed by atoms with van der Waals surface area (Å²) in [5.41, 5.74) is 1.79. The van der Waals surface area contributed by atoms with Crippen LogP contribution >= 0.6 is 28.1 Å². The molecule has 7 heteroatoms. The molecule has 2 aliphatic heterocycles. The Morgan fingerprint density at radius 3 is 2.79 bits per heavy atom. The van der Waals surface area contributed by atoms with E-state index in [0.717, 1.165) is 21.3 Å². The molecule has 4 rings (SSSR count). The van der Waals surface area contributed by atoms with Crippen molar-refractivity contribution in [3.8, 4) is 5.75 Å². The number of esters is 1. The predicted octanol–water partition coefficient (Wildman–Crippen LogP) is 4.65. The number of carbonyl (C=O) groups is 1. The summed E-state index contributed by atoms with van der Waals surface area (Å²) in [6.07, 6.45) is 1.56. The number of rotatable bonds is 4. The predicted molar refractivity (Wildman–Crippen MR) is 120 cm³/mol. The maximum Gasteiger partial charge on any atom is 0.317 e. The Balaban J connectivity index is 1.86. The number of hydrogen-bond donors (Lipinski definition) is 1. The van der Waals surface area contributed by atoms with Crippen molar-refractivity contribution in [2.24, 2.45) is 5.92 Å². The molecule has 150 valence electrons. The van der Waals surface area contributed by atoms with E-state index in [1.54, 1.807) is 6.08 Å². The molecule has 3 atom stereocenters. The number of anilines is 1. The normalized spacial score (nSPS) is 24.8. The monoisotopic (exact) mass is 472 g/mol. The Morgan fingerprint density at radius 2 is 2.10 bits per heavy atom. The first-order chi connectivity index (χ1) is 13.8. The molecule has 2 bridgehead atoms. The molecule has 5 nitrogen and oxygen atoms in total. The van der Waals surface area contributed by atoms with Crippen molar-refractivity contribution >= 4 is 44.9 Å². The van der Waals surface area contributed by atoms with E-state index >= 15 is 0 Å². The third-order valence-electron chi connectivity index (χ3n) is 5.35. The van der Waals surface area contributed by atoms with Gasteiger partial charge in [-0.05, 0) is 56.4 Å². The lowest BCUT2D eigenvalue weighted by Gasteiger charge is -2.55. The van der Waals surface area contributed by atoms with Gasteiger partial charge in [0.1, 0.15) is 18.3 Å². The van der Waals surface area contributed by atoms with Gasteiger partial charge in [-0.15, -0.1) is 0 Å². The quantitative estimate of drug-likeness (QED) is 0.397. The lowest BCUT2D eigenvalue weighted by atomic mass is 9.79. The van der Waals surface area contributed by atoms with Crippen molar-refractivity contribution in [2.75, 3.05) is 11.5 Å². The molecule has 0 spiro atoms. The average molecular weight is 473 g/mol. The fourth-order valence-electron chi connectivity index (χ4n) is 4.03. The van der Waals surface area contributed by atoms with Crippen LogP contribution in [-0.2, 0) is 9.53 Å². The van der Waals surface area contributed by atoms with Gasteiger partial charge in [-0.2, -0.15) is 0 Å². The number of nitrogens with one attached hydrogen (secondary N) is 1. The van der Waals surface area contributed by atoms with E-state index in [-0.39, 0.29) is 18.6 Å². The Hall–Kier alpha value is -2.38. The van der Waals surface area contributed by atoms with E-state index in [1.807, 2.05) is 61.2 Å². The zero-order valence-electron chi connectivity index (χ0n) is 16.1. The van der Waals surface area contributed by atoms with Gasteiger partial charge >= 0.3 is 5.97 Å². The topological polar surface area (TPSA) is 50.8 Å². The van der Waals surface area contributed by atoms with Gasteiger partial charge in [0.05, 0.1) is 6.04 Å². The molecule has 29 heavy (non-hydrogen) atoms. The van der Waals surface area contributed by atoms with Crippen LogP contribution in [0.4, 0.5) is 5.69 Å². The maximum absolute atomic E-state index is 13.1. The Morgan fingerprint density at radius 1 is 1.38 bits per heavy atom. The van der Waals surface area contributed by atoms with Crippen LogP contribution in [0, 0.1) is 12.8 Å². The standard InChI is InChI=1S/C22H21BrN2O3S/c1-4-11-27-20(26)18-19-16-12-14(23)7-10-17(16)28-22(18,3)25(21(29)24-19)15-8-5-13(2)6-9-15/h4-10,12,18-19H,1,11H2,2-3H3,(H,24,29). The molecule has 0 amide bonds. The molecule has 0 radical (unpaired) electrons. The van der Waals surface area contributed by atoms with E-state index in [2.05, 4.69) is 27.8 Å². The molecule has 0 aliphatic carbocycles. The van der Waals surface area contributed by atoms with Crippen molar-refractivity contribution in [1.82, 2.24) is 5.32 Å². The highest BCUT2D eigenvalue weighted by Gasteiger charge is 2.59. The molecular weight excluding hydrogens is 452 g/mol. The molecule has 1 saturated heterocycles. The Labute approximate surface area is 183 Å². The SMILES string of the molecule is C=CCOC(=O)C1C2NC(=S)N(c3ccc(C)cc3)C1(C)Oc1ccc(Br)cc12. The maximum atomic E-state index is 13.1. The molecule has 2 aromatic carbocycles. The van der Waals surface area contributed by atoms with E-state index in [4.69, 9.17) is 21.7 Å². The zero-order valence-corrected chi connectivity index (χ0v) is 18.5. The number of aryl methyl sites for hydroxylation is 1. The molecular formula is C22H21BrN2O3S. The van der Waals surface area contributed by atoms with Crippen molar-refractivity contribution in [3.05, 3.63) is 70.7 Å². The number of benzene rings is 2. The van der Waals surface area contributed by atoms with Gasteiger partial charge < -0.3 is 14.8 Å². The second-order valence-electron chi connectivity index (χ2n) is 7.33. The summed E-state index contributed by atoms with van der Waals surface area (Å²) in [6, 6.07) is 13.4. The second-order valence-corrected chi connectivity index (χ2v) is 8.64. The summed E-state index contributed by atoms with van der Waals surface area (Å²) in [7, 11) is 0. The number of nitrogens with zero attached hydrogens (tertiary/aromatic N) is 1. The zero-order chi connectivity index (χ0) is 20.8. The molecule has 2 heterocycles. The number of ether oxygens (including phenoxy) is 2. The number of fused-ring (bicyclic) bond motifs is 4. The van der Waals surface area contributed by atoms with Gasteiger partial charge in [0.25, 0.3) is 0 Å². The number of thiocarbonyl (C=S) groups is 1. The number of halogens is 1. The first-order valence-corrected chi connectivity index (χ1v) is 10.5. The van der Waals surface area contributed by atoms with Crippen LogP contribution in [0.5, 0.6) is 5.75 Å². The van der Waals surface area contributed by atoms with Gasteiger partial charge in [0, 0.05) is 15.7 Å². The Kier molecular flexibility index (Phi) is 5.12. The molecule has 2 aromatic rings. The number of carbonyl (C=O) groups excluding carboxylic acids is 1. The van der Waals surface area contributed by atoms with Crippen molar-refractivity contribution in [1.29, 1.82) is 0 Å². The van der Waals surface area contributed by atoms with Crippen molar-refractivity contribution < 1.29 is 14.3 Å². The van der Waals surface area contributed by atoms with Crippen LogP contribution in [-0.4, -0.2) is 23.4 Å². The minimum atomic E-state index is -1.05. The molecule has 1 N–H and O–H groups in total. The van der Waals surface area contributed by atoms with Gasteiger partial charge in [-0.25, -0.2) is 0 Å². The van der Waals surface area contributed by atoms with Crippen LogP contribution in [0.1, 0.15) is 24.1 Å². The Bertz CT molecular complexity index is 994. The molecule has 0 aromatic heterocycles. The first-order valence-electron chi connectivity index (χ1n) is 9.28. The summed E-state index contributed by atoms with van der Waals surface area (Å²) in [6.45, 7) is 7.68. The fourth-order valence-corrected chi connectivity index (χ4v) is 4.82. The summed E-state index contributed by atoms with van der Waals surface area (Å²) in [5, 5.41) is 3.86. The summed E-state index contributed by atoms with van der Waals surface area (Å²) >= 11 is 9.22. The molecule has 0 saturated carbocycles. The van der Waals surface area contributed by atoms with E-state index < -0.39 is 11.6 Å². The minimum Gasteiger partial charge on any atom is -0.466 e. The van der Waals surface area contributed by atoms with Gasteiger partial charge in [-0.1, -0.05) is 46.3 Å². The summed E-state index contributed by atoms with van der Waals surface area (Å²) in [5.74, 6) is -0.298. The molecule has 2 aliphatic rings. The first kappa shape index (κ1) is 19.9. The second kappa shape index (κ2) is 7.46. The lowest BCUT2D eigenvalue weighted by Crippen LogP contribution is -2.71.